The van der Waals surface area contributed by atoms with Gasteiger partial charge in [0.1, 0.15) is 6.07 Å². The standard InChI is InChI=1S/C8H4FIN2O/c9-7-4(3-11)1-5(10)2-6(7)8(12)13/h1-2H,(H2,12,13). The molecule has 66 valence electrons. The molecule has 0 saturated carbocycles. The number of nitrogens with two attached hydrogens (primary N) is 1. The van der Waals surface area contributed by atoms with Crippen LogP contribution in [0.2, 0.25) is 0 Å². The molecule has 2 N–H and O–H groups in total. The highest BCUT2D eigenvalue weighted by Crippen LogP contribution is 2.16. The number of halogens is 2. The first-order chi connectivity index (χ1) is 6.06. The molecule has 0 unspecified atom stereocenters. The quantitative estimate of drug-likeness (QED) is 0.794. The van der Waals surface area contributed by atoms with Crippen molar-refractivity contribution in [2.45, 2.75) is 0 Å². The molecule has 13 heavy (non-hydrogen) atoms. The molecule has 5 heteroatoms. The normalized spacial score (nSPS) is 9.31. The van der Waals surface area contributed by atoms with Gasteiger partial charge in [0.05, 0.1) is 11.1 Å². The van der Waals surface area contributed by atoms with Gasteiger partial charge in [0, 0.05) is 3.57 Å². The Morgan fingerprint density at radius 1 is 1.62 bits per heavy atom. The zero-order valence-corrected chi connectivity index (χ0v) is 8.50. The van der Waals surface area contributed by atoms with Crippen molar-refractivity contribution in [3.63, 3.8) is 0 Å². The van der Waals surface area contributed by atoms with Gasteiger partial charge in [-0.25, -0.2) is 4.39 Å². The number of nitrogens with zero attached hydrogens (tertiary/aromatic N) is 1. The maximum Gasteiger partial charge on any atom is 0.251 e. The second kappa shape index (κ2) is 3.70. The minimum atomic E-state index is -0.868. The molecule has 0 bridgehead atoms. The first-order valence-electron chi connectivity index (χ1n) is 3.25. The molecule has 0 aliphatic carbocycles. The molecule has 0 radical (unpaired) electrons. The largest absolute Gasteiger partial charge is 0.366 e. The van der Waals surface area contributed by atoms with Gasteiger partial charge in [-0.05, 0) is 34.7 Å². The minimum absolute atomic E-state index is 0.166. The Morgan fingerprint density at radius 3 is 2.69 bits per heavy atom. The van der Waals surface area contributed by atoms with Crippen molar-refractivity contribution in [3.05, 3.63) is 32.6 Å². The first kappa shape index (κ1) is 9.92. The van der Waals surface area contributed by atoms with E-state index in [9.17, 15) is 9.18 Å². The van der Waals surface area contributed by atoms with Crippen LogP contribution in [0.4, 0.5) is 4.39 Å². The summed E-state index contributed by atoms with van der Waals surface area (Å²) < 4.78 is 13.8. The average molecular weight is 290 g/mol. The molecule has 0 aliphatic rings. The third-order valence-corrected chi connectivity index (χ3v) is 2.05. The van der Waals surface area contributed by atoms with Gasteiger partial charge in [0.15, 0.2) is 5.82 Å². The van der Waals surface area contributed by atoms with Gasteiger partial charge in [0.2, 0.25) is 0 Å². The topological polar surface area (TPSA) is 66.9 Å². The van der Waals surface area contributed by atoms with E-state index in [1.165, 1.54) is 12.1 Å². The van der Waals surface area contributed by atoms with Gasteiger partial charge in [-0.1, -0.05) is 0 Å². The van der Waals surface area contributed by atoms with Crippen LogP contribution in [-0.4, -0.2) is 5.91 Å². The summed E-state index contributed by atoms with van der Waals surface area (Å²) in [6, 6.07) is 4.30. The number of amides is 1. The average Bonchev–Trinajstić information content (AvgIpc) is 2.08. The first-order valence-corrected chi connectivity index (χ1v) is 4.33. The summed E-state index contributed by atoms with van der Waals surface area (Å²) in [4.78, 5) is 10.7. The fraction of sp³-hybridized carbons (Fsp3) is 0. The van der Waals surface area contributed by atoms with Crippen LogP contribution in [0.5, 0.6) is 0 Å². The third kappa shape index (κ3) is 1.95. The van der Waals surface area contributed by atoms with Gasteiger partial charge in [-0.3, -0.25) is 4.79 Å². The summed E-state index contributed by atoms with van der Waals surface area (Å²) >= 11 is 1.88. The number of primary amides is 1. The number of benzene rings is 1. The lowest BCUT2D eigenvalue weighted by atomic mass is 10.1. The molecular weight excluding hydrogens is 286 g/mol. The summed E-state index contributed by atoms with van der Waals surface area (Å²) in [6.45, 7) is 0. The van der Waals surface area contributed by atoms with Crippen molar-refractivity contribution in [2.75, 3.05) is 0 Å². The Labute approximate surface area is 87.5 Å². The summed E-state index contributed by atoms with van der Waals surface area (Å²) in [5, 5.41) is 8.50. The van der Waals surface area contributed by atoms with Crippen LogP contribution in [0.1, 0.15) is 15.9 Å². The highest BCUT2D eigenvalue weighted by Gasteiger charge is 2.13. The van der Waals surface area contributed by atoms with E-state index in [4.69, 9.17) is 11.0 Å². The van der Waals surface area contributed by atoms with E-state index < -0.39 is 11.7 Å². The monoisotopic (exact) mass is 290 g/mol. The molecule has 0 spiro atoms. The fourth-order valence-electron chi connectivity index (χ4n) is 0.850. The van der Waals surface area contributed by atoms with E-state index in [0.29, 0.717) is 3.57 Å². The molecular formula is C8H4FIN2O. The Kier molecular flexibility index (Phi) is 2.83. The Hall–Kier alpha value is -1.16. The zero-order valence-electron chi connectivity index (χ0n) is 6.34. The van der Waals surface area contributed by atoms with Crippen LogP contribution in [0.15, 0.2) is 12.1 Å². The summed E-state index contributed by atoms with van der Waals surface area (Å²) in [7, 11) is 0. The van der Waals surface area contributed by atoms with Crippen LogP contribution in [0.3, 0.4) is 0 Å². The molecule has 0 heterocycles. The van der Waals surface area contributed by atoms with Crippen molar-refractivity contribution >= 4 is 28.5 Å². The van der Waals surface area contributed by atoms with Crippen molar-refractivity contribution < 1.29 is 9.18 Å². The molecule has 0 fully saturated rings. The second-order valence-electron chi connectivity index (χ2n) is 2.29. The molecule has 1 rings (SSSR count). The molecule has 3 nitrogen and oxygen atoms in total. The van der Waals surface area contributed by atoms with Crippen LogP contribution in [-0.2, 0) is 0 Å². The van der Waals surface area contributed by atoms with E-state index in [-0.39, 0.29) is 11.1 Å². The van der Waals surface area contributed by atoms with Gasteiger partial charge in [-0.15, -0.1) is 0 Å². The van der Waals surface area contributed by atoms with E-state index in [2.05, 4.69) is 0 Å². The van der Waals surface area contributed by atoms with E-state index in [0.717, 1.165) is 0 Å². The van der Waals surface area contributed by atoms with E-state index >= 15 is 0 Å². The maximum absolute atomic E-state index is 13.2. The smallest absolute Gasteiger partial charge is 0.251 e. The summed E-state index contributed by atoms with van der Waals surface area (Å²) in [5.41, 5.74) is 4.50. The Balaban J connectivity index is 3.47. The number of nitriles is 1. The van der Waals surface area contributed by atoms with Crippen molar-refractivity contribution in [1.82, 2.24) is 0 Å². The summed E-state index contributed by atoms with van der Waals surface area (Å²) in [5.74, 6) is -1.72. The molecule has 0 saturated heterocycles. The highest BCUT2D eigenvalue weighted by atomic mass is 127. The predicted octanol–water partition coefficient (Wildman–Crippen LogP) is 1.40. The molecule has 1 amide bonds. The zero-order chi connectivity index (χ0) is 10.0. The van der Waals surface area contributed by atoms with Crippen LogP contribution in [0, 0.1) is 20.7 Å². The molecule has 1 aromatic rings. The number of carbonyl (C=O) groups is 1. The van der Waals surface area contributed by atoms with Gasteiger partial charge >= 0.3 is 0 Å². The van der Waals surface area contributed by atoms with E-state index in [1.54, 1.807) is 6.07 Å². The summed E-state index contributed by atoms with van der Waals surface area (Å²) in [6.07, 6.45) is 0. The van der Waals surface area contributed by atoms with Crippen molar-refractivity contribution in [1.29, 1.82) is 5.26 Å². The van der Waals surface area contributed by atoms with Crippen LogP contribution < -0.4 is 5.73 Å². The highest BCUT2D eigenvalue weighted by molar-refractivity contribution is 14.1. The minimum Gasteiger partial charge on any atom is -0.366 e. The molecule has 0 aliphatic heterocycles. The number of carbonyl (C=O) groups excluding carboxylic acids is 1. The third-order valence-electron chi connectivity index (χ3n) is 1.42. The van der Waals surface area contributed by atoms with Crippen LogP contribution >= 0.6 is 22.6 Å². The molecule has 0 aromatic heterocycles. The number of hydrogen-bond acceptors (Lipinski definition) is 2. The van der Waals surface area contributed by atoms with Gasteiger partial charge in [-0.2, -0.15) is 5.26 Å². The second-order valence-corrected chi connectivity index (χ2v) is 3.54. The van der Waals surface area contributed by atoms with E-state index in [1.807, 2.05) is 22.6 Å². The number of rotatable bonds is 1. The Morgan fingerprint density at radius 2 is 2.23 bits per heavy atom. The molecule has 0 atom stereocenters. The molecule has 1 aromatic carbocycles. The predicted molar refractivity (Wildman–Crippen MR) is 52.3 cm³/mol. The van der Waals surface area contributed by atoms with Gasteiger partial charge in [0.25, 0.3) is 5.91 Å². The van der Waals surface area contributed by atoms with Gasteiger partial charge < -0.3 is 5.73 Å². The SMILES string of the molecule is N#Cc1cc(I)cc(C(N)=O)c1F. The fourth-order valence-corrected chi connectivity index (χ4v) is 1.47. The Bertz CT molecular complexity index is 411. The number of hydrogen-bond donors (Lipinski definition) is 1. The maximum atomic E-state index is 13.2. The van der Waals surface area contributed by atoms with Crippen molar-refractivity contribution in [3.8, 4) is 6.07 Å². The lowest BCUT2D eigenvalue weighted by molar-refractivity contribution is 0.0996. The lowest BCUT2D eigenvalue weighted by Crippen LogP contribution is -2.14. The van der Waals surface area contributed by atoms with Crippen molar-refractivity contribution in [2.24, 2.45) is 5.73 Å². The van der Waals surface area contributed by atoms with Crippen LogP contribution in [0.25, 0.3) is 0 Å². The lowest BCUT2D eigenvalue weighted by Gasteiger charge is -2.00.